The zero-order valence-corrected chi connectivity index (χ0v) is 10.3. The molecule has 1 aromatic rings. The standard InChI is InChI=1S/C14H19N3/c1-11-7-12(8-15)4-5-13(11)9-17-6-2-3-14(16)10-17/h4-5,7,14H,2-3,6,9-10,16H2,1H3. The molecule has 90 valence electrons. The van der Waals surface area contributed by atoms with Gasteiger partial charge in [0.1, 0.15) is 0 Å². The Labute approximate surface area is 103 Å². The summed E-state index contributed by atoms with van der Waals surface area (Å²) in [4.78, 5) is 2.41. The zero-order chi connectivity index (χ0) is 12.3. The van der Waals surface area contributed by atoms with E-state index in [1.165, 1.54) is 17.5 Å². The van der Waals surface area contributed by atoms with E-state index in [4.69, 9.17) is 11.0 Å². The number of aryl methyl sites for hydroxylation is 1. The first-order chi connectivity index (χ1) is 8.19. The van der Waals surface area contributed by atoms with E-state index < -0.39 is 0 Å². The molecule has 0 bridgehead atoms. The van der Waals surface area contributed by atoms with Gasteiger partial charge in [0, 0.05) is 19.1 Å². The van der Waals surface area contributed by atoms with Crippen molar-refractivity contribution < 1.29 is 0 Å². The minimum Gasteiger partial charge on any atom is -0.327 e. The van der Waals surface area contributed by atoms with Crippen LogP contribution in [0.25, 0.3) is 0 Å². The maximum Gasteiger partial charge on any atom is 0.0991 e. The number of hydrogen-bond donors (Lipinski definition) is 1. The molecule has 1 aliphatic heterocycles. The summed E-state index contributed by atoms with van der Waals surface area (Å²) < 4.78 is 0. The highest BCUT2D eigenvalue weighted by Crippen LogP contribution is 2.16. The van der Waals surface area contributed by atoms with Crippen LogP contribution in [-0.2, 0) is 6.54 Å². The predicted octanol–water partition coefficient (Wildman–Crippen LogP) is 1.79. The third-order valence-electron chi connectivity index (χ3n) is 3.41. The number of rotatable bonds is 2. The van der Waals surface area contributed by atoms with Gasteiger partial charge < -0.3 is 5.73 Å². The number of benzene rings is 1. The Morgan fingerprint density at radius 3 is 3.00 bits per heavy atom. The maximum atomic E-state index is 8.83. The van der Waals surface area contributed by atoms with E-state index in [-0.39, 0.29) is 0 Å². The molecule has 0 spiro atoms. The highest BCUT2D eigenvalue weighted by Gasteiger charge is 2.17. The van der Waals surface area contributed by atoms with Crippen molar-refractivity contribution in [3.63, 3.8) is 0 Å². The van der Waals surface area contributed by atoms with E-state index in [1.54, 1.807) is 0 Å². The fourth-order valence-corrected chi connectivity index (χ4v) is 2.42. The molecule has 1 heterocycles. The lowest BCUT2D eigenvalue weighted by molar-refractivity contribution is 0.201. The molecule has 1 aromatic carbocycles. The second-order valence-electron chi connectivity index (χ2n) is 4.89. The summed E-state index contributed by atoms with van der Waals surface area (Å²) >= 11 is 0. The van der Waals surface area contributed by atoms with Crippen molar-refractivity contribution >= 4 is 0 Å². The number of piperidine rings is 1. The second-order valence-corrected chi connectivity index (χ2v) is 4.89. The van der Waals surface area contributed by atoms with Crippen molar-refractivity contribution in [2.45, 2.75) is 32.4 Å². The van der Waals surface area contributed by atoms with E-state index >= 15 is 0 Å². The molecule has 1 unspecified atom stereocenters. The van der Waals surface area contributed by atoms with Gasteiger partial charge in [-0.1, -0.05) is 6.07 Å². The number of hydrogen-bond acceptors (Lipinski definition) is 3. The first-order valence-electron chi connectivity index (χ1n) is 6.16. The zero-order valence-electron chi connectivity index (χ0n) is 10.3. The molecule has 1 aliphatic rings. The summed E-state index contributed by atoms with van der Waals surface area (Å²) in [7, 11) is 0. The summed E-state index contributed by atoms with van der Waals surface area (Å²) in [6, 6.07) is 8.41. The van der Waals surface area contributed by atoms with Gasteiger partial charge in [-0.05, 0) is 49.6 Å². The molecule has 1 atom stereocenters. The number of nitrogens with two attached hydrogens (primary N) is 1. The molecule has 0 amide bonds. The molecule has 0 aromatic heterocycles. The highest BCUT2D eigenvalue weighted by atomic mass is 15.1. The van der Waals surface area contributed by atoms with Gasteiger partial charge in [-0.15, -0.1) is 0 Å². The monoisotopic (exact) mass is 229 g/mol. The van der Waals surface area contributed by atoms with Crippen LogP contribution in [0.5, 0.6) is 0 Å². The van der Waals surface area contributed by atoms with Crippen LogP contribution in [-0.4, -0.2) is 24.0 Å². The Morgan fingerprint density at radius 2 is 2.35 bits per heavy atom. The predicted molar refractivity (Wildman–Crippen MR) is 68.4 cm³/mol. The fourth-order valence-electron chi connectivity index (χ4n) is 2.42. The highest BCUT2D eigenvalue weighted by molar-refractivity contribution is 5.37. The van der Waals surface area contributed by atoms with Gasteiger partial charge in [0.2, 0.25) is 0 Å². The quantitative estimate of drug-likeness (QED) is 0.841. The average Bonchev–Trinajstić information content (AvgIpc) is 2.32. The Bertz CT molecular complexity index is 434. The smallest absolute Gasteiger partial charge is 0.0991 e. The molecule has 0 radical (unpaired) electrons. The van der Waals surface area contributed by atoms with Crippen molar-refractivity contribution in [1.82, 2.24) is 4.90 Å². The Hall–Kier alpha value is -1.37. The first-order valence-corrected chi connectivity index (χ1v) is 6.16. The lowest BCUT2D eigenvalue weighted by Gasteiger charge is -2.31. The van der Waals surface area contributed by atoms with Crippen molar-refractivity contribution in [1.29, 1.82) is 5.26 Å². The van der Waals surface area contributed by atoms with Crippen LogP contribution < -0.4 is 5.73 Å². The van der Waals surface area contributed by atoms with Gasteiger partial charge >= 0.3 is 0 Å². The Balaban J connectivity index is 2.06. The lowest BCUT2D eigenvalue weighted by atomic mass is 10.0. The summed E-state index contributed by atoms with van der Waals surface area (Å²) in [5.41, 5.74) is 9.22. The van der Waals surface area contributed by atoms with Gasteiger partial charge in [0.25, 0.3) is 0 Å². The van der Waals surface area contributed by atoms with E-state index in [9.17, 15) is 0 Å². The third-order valence-corrected chi connectivity index (χ3v) is 3.41. The lowest BCUT2D eigenvalue weighted by Crippen LogP contribution is -2.42. The summed E-state index contributed by atoms with van der Waals surface area (Å²) in [6.07, 6.45) is 2.33. The number of nitrogens with zero attached hydrogens (tertiary/aromatic N) is 2. The number of nitriles is 1. The van der Waals surface area contributed by atoms with Crippen LogP contribution in [0.1, 0.15) is 29.5 Å². The third kappa shape index (κ3) is 3.06. The van der Waals surface area contributed by atoms with Crippen molar-refractivity contribution in [2.75, 3.05) is 13.1 Å². The molecule has 0 aliphatic carbocycles. The largest absolute Gasteiger partial charge is 0.327 e. The molecule has 2 N–H and O–H groups in total. The minimum atomic E-state index is 0.322. The van der Waals surface area contributed by atoms with E-state index in [1.807, 2.05) is 12.1 Å². The van der Waals surface area contributed by atoms with Gasteiger partial charge in [0.05, 0.1) is 11.6 Å². The molecule has 0 saturated carbocycles. The minimum absolute atomic E-state index is 0.322. The molecule has 3 nitrogen and oxygen atoms in total. The molecule has 2 rings (SSSR count). The van der Waals surface area contributed by atoms with Crippen LogP contribution in [0.15, 0.2) is 18.2 Å². The first kappa shape index (κ1) is 12.1. The van der Waals surface area contributed by atoms with Gasteiger partial charge in [-0.2, -0.15) is 5.26 Å². The molecule has 3 heteroatoms. The number of likely N-dealkylation sites (tertiary alicyclic amines) is 1. The SMILES string of the molecule is Cc1cc(C#N)ccc1CN1CCCC(N)C1. The topological polar surface area (TPSA) is 53.0 Å². The van der Waals surface area contributed by atoms with Crippen LogP contribution in [0, 0.1) is 18.3 Å². The van der Waals surface area contributed by atoms with Crippen molar-refractivity contribution in [2.24, 2.45) is 5.73 Å². The molecule has 1 fully saturated rings. The van der Waals surface area contributed by atoms with Gasteiger partial charge in [-0.3, -0.25) is 4.90 Å². The van der Waals surface area contributed by atoms with Crippen LogP contribution in [0.2, 0.25) is 0 Å². The maximum absolute atomic E-state index is 8.83. The average molecular weight is 229 g/mol. The molecular weight excluding hydrogens is 210 g/mol. The van der Waals surface area contributed by atoms with Gasteiger partial charge in [-0.25, -0.2) is 0 Å². The molecule has 1 saturated heterocycles. The van der Waals surface area contributed by atoms with Crippen LogP contribution >= 0.6 is 0 Å². The Kier molecular flexibility index (Phi) is 3.78. The second kappa shape index (κ2) is 5.31. The summed E-state index contributed by atoms with van der Waals surface area (Å²) in [5.74, 6) is 0. The fraction of sp³-hybridized carbons (Fsp3) is 0.500. The molecular formula is C14H19N3. The van der Waals surface area contributed by atoms with Crippen molar-refractivity contribution in [3.05, 3.63) is 34.9 Å². The molecule has 17 heavy (non-hydrogen) atoms. The summed E-state index contributed by atoms with van der Waals surface area (Å²) in [6.45, 7) is 5.14. The van der Waals surface area contributed by atoms with Gasteiger partial charge in [0.15, 0.2) is 0 Å². The Morgan fingerprint density at radius 1 is 1.53 bits per heavy atom. The normalized spacial score (nSPS) is 21.1. The van der Waals surface area contributed by atoms with Crippen molar-refractivity contribution in [3.8, 4) is 6.07 Å². The van der Waals surface area contributed by atoms with Crippen LogP contribution in [0.3, 0.4) is 0 Å². The van der Waals surface area contributed by atoms with E-state index in [0.717, 1.165) is 31.6 Å². The van der Waals surface area contributed by atoms with E-state index in [0.29, 0.717) is 6.04 Å². The summed E-state index contributed by atoms with van der Waals surface area (Å²) in [5, 5.41) is 8.83. The van der Waals surface area contributed by atoms with E-state index in [2.05, 4.69) is 24.0 Å². The van der Waals surface area contributed by atoms with Crippen LogP contribution in [0.4, 0.5) is 0 Å².